The Balaban J connectivity index is 2.08. The van der Waals surface area contributed by atoms with Crippen molar-refractivity contribution in [3.63, 3.8) is 0 Å². The molecule has 0 radical (unpaired) electrons. The van der Waals surface area contributed by atoms with E-state index < -0.39 is 0 Å². The topological polar surface area (TPSA) is 99.0 Å². The van der Waals surface area contributed by atoms with Crippen LogP contribution in [0.25, 0.3) is 22.3 Å². The second-order valence-corrected chi connectivity index (χ2v) is 7.05. The number of fused-ring (bicyclic) bond motifs is 1. The van der Waals surface area contributed by atoms with Gasteiger partial charge in [-0.3, -0.25) is 4.79 Å². The molecule has 27 heavy (non-hydrogen) atoms. The summed E-state index contributed by atoms with van der Waals surface area (Å²) in [6.07, 6.45) is 3.46. The second kappa shape index (κ2) is 7.92. The van der Waals surface area contributed by atoms with E-state index in [2.05, 4.69) is 10.4 Å². The summed E-state index contributed by atoms with van der Waals surface area (Å²) in [7, 11) is 0. The van der Waals surface area contributed by atoms with Gasteiger partial charge in [-0.1, -0.05) is 0 Å². The molecule has 0 unspecified atom stereocenters. The number of carbonyl (C=O) groups is 1. The number of nitrogens with zero attached hydrogens (tertiary/aromatic N) is 3. The molecular formula is C20H27N5O2. The minimum absolute atomic E-state index is 0.123. The van der Waals surface area contributed by atoms with E-state index in [1.54, 1.807) is 6.20 Å². The molecule has 0 saturated carbocycles. The summed E-state index contributed by atoms with van der Waals surface area (Å²) in [6, 6.07) is 3.91. The summed E-state index contributed by atoms with van der Waals surface area (Å²) in [5.74, 6) is 1.47. The quantitative estimate of drug-likeness (QED) is 0.622. The van der Waals surface area contributed by atoms with Crippen LogP contribution in [0.1, 0.15) is 54.6 Å². The molecule has 0 aromatic carbocycles. The summed E-state index contributed by atoms with van der Waals surface area (Å²) < 4.78 is 7.50. The highest BCUT2D eigenvalue weighted by Crippen LogP contribution is 2.30. The molecule has 144 valence electrons. The third kappa shape index (κ3) is 3.88. The van der Waals surface area contributed by atoms with Gasteiger partial charge in [-0.2, -0.15) is 5.10 Å². The standard InChI is InChI=1S/C20H27N5O2/c1-12(2)25-19-17(11-23-25)16(20(26)22-8-6-5-7-21)10-18(24-19)15-9-13(3)27-14(15)4/h9-12H,5-8,21H2,1-4H3,(H,22,26). The largest absolute Gasteiger partial charge is 0.466 e. The number of nitrogens with one attached hydrogen (secondary N) is 1. The molecule has 0 bridgehead atoms. The number of rotatable bonds is 7. The SMILES string of the molecule is Cc1cc(-c2cc(C(=O)NCCCCN)c3cnn(C(C)C)c3n2)c(C)o1. The highest BCUT2D eigenvalue weighted by molar-refractivity contribution is 6.06. The van der Waals surface area contributed by atoms with Crippen LogP contribution < -0.4 is 11.1 Å². The van der Waals surface area contributed by atoms with Crippen molar-refractivity contribution in [2.24, 2.45) is 5.73 Å². The fourth-order valence-corrected chi connectivity index (χ4v) is 3.17. The molecule has 0 saturated heterocycles. The Morgan fingerprint density at radius 3 is 2.70 bits per heavy atom. The predicted octanol–water partition coefficient (Wildman–Crippen LogP) is 3.36. The lowest BCUT2D eigenvalue weighted by atomic mass is 10.1. The first-order chi connectivity index (χ1) is 12.9. The highest BCUT2D eigenvalue weighted by Gasteiger charge is 2.20. The Labute approximate surface area is 158 Å². The molecule has 3 aromatic rings. The van der Waals surface area contributed by atoms with Crippen molar-refractivity contribution in [3.05, 3.63) is 35.4 Å². The summed E-state index contributed by atoms with van der Waals surface area (Å²) in [4.78, 5) is 17.6. The van der Waals surface area contributed by atoms with Crippen molar-refractivity contribution in [1.29, 1.82) is 0 Å². The lowest BCUT2D eigenvalue weighted by molar-refractivity contribution is 0.0954. The molecule has 3 rings (SSSR count). The van der Waals surface area contributed by atoms with E-state index in [-0.39, 0.29) is 11.9 Å². The van der Waals surface area contributed by atoms with Gasteiger partial charge in [0, 0.05) is 18.2 Å². The maximum atomic E-state index is 12.8. The number of nitrogens with two attached hydrogens (primary N) is 1. The van der Waals surface area contributed by atoms with Crippen LogP contribution in [-0.2, 0) is 0 Å². The van der Waals surface area contributed by atoms with Crippen LogP contribution in [0.2, 0.25) is 0 Å². The van der Waals surface area contributed by atoms with Crippen molar-refractivity contribution >= 4 is 16.9 Å². The fourth-order valence-electron chi connectivity index (χ4n) is 3.17. The van der Waals surface area contributed by atoms with Crippen molar-refractivity contribution in [2.45, 2.75) is 46.6 Å². The van der Waals surface area contributed by atoms with Crippen molar-refractivity contribution < 1.29 is 9.21 Å². The predicted molar refractivity (Wildman–Crippen MR) is 106 cm³/mol. The molecule has 7 nitrogen and oxygen atoms in total. The Bertz CT molecular complexity index is 955. The lowest BCUT2D eigenvalue weighted by Gasteiger charge is -2.11. The highest BCUT2D eigenvalue weighted by atomic mass is 16.3. The number of pyridine rings is 1. The van der Waals surface area contributed by atoms with Crippen LogP contribution in [0, 0.1) is 13.8 Å². The maximum absolute atomic E-state index is 12.8. The second-order valence-electron chi connectivity index (χ2n) is 7.05. The number of furan rings is 1. The van der Waals surface area contributed by atoms with E-state index in [0.717, 1.165) is 35.3 Å². The molecule has 0 aliphatic carbocycles. The molecule has 3 heterocycles. The van der Waals surface area contributed by atoms with Crippen LogP contribution in [0.15, 0.2) is 22.7 Å². The summed E-state index contributed by atoms with van der Waals surface area (Å²) in [5, 5.41) is 8.18. The van der Waals surface area contributed by atoms with Crippen LogP contribution >= 0.6 is 0 Å². The average molecular weight is 369 g/mol. The maximum Gasteiger partial charge on any atom is 0.252 e. The van der Waals surface area contributed by atoms with E-state index in [1.165, 1.54) is 0 Å². The molecule has 1 amide bonds. The van der Waals surface area contributed by atoms with Crippen molar-refractivity contribution in [2.75, 3.05) is 13.1 Å². The molecule has 3 N–H and O–H groups in total. The molecule has 0 aliphatic rings. The minimum atomic E-state index is -0.123. The first-order valence-electron chi connectivity index (χ1n) is 9.36. The van der Waals surface area contributed by atoms with Crippen LogP contribution in [0.5, 0.6) is 0 Å². The third-order valence-electron chi connectivity index (χ3n) is 4.53. The van der Waals surface area contributed by atoms with E-state index in [4.69, 9.17) is 15.1 Å². The molecule has 0 spiro atoms. The van der Waals surface area contributed by atoms with Gasteiger partial charge in [0.15, 0.2) is 5.65 Å². The Hall–Kier alpha value is -2.67. The first-order valence-corrected chi connectivity index (χ1v) is 9.36. The zero-order valence-electron chi connectivity index (χ0n) is 16.4. The fraction of sp³-hybridized carbons (Fsp3) is 0.450. The summed E-state index contributed by atoms with van der Waals surface area (Å²) >= 11 is 0. The van der Waals surface area contributed by atoms with Gasteiger partial charge in [0.2, 0.25) is 0 Å². The third-order valence-corrected chi connectivity index (χ3v) is 4.53. The van der Waals surface area contributed by atoms with Crippen LogP contribution in [0.3, 0.4) is 0 Å². The van der Waals surface area contributed by atoms with Crippen molar-refractivity contribution in [1.82, 2.24) is 20.1 Å². The smallest absolute Gasteiger partial charge is 0.252 e. The Kier molecular flexibility index (Phi) is 5.60. The molecule has 0 atom stereocenters. The van der Waals surface area contributed by atoms with Gasteiger partial charge < -0.3 is 15.5 Å². The number of hydrogen-bond acceptors (Lipinski definition) is 5. The zero-order valence-corrected chi connectivity index (χ0v) is 16.4. The number of amides is 1. The van der Waals surface area contributed by atoms with Crippen LogP contribution in [-0.4, -0.2) is 33.8 Å². The van der Waals surface area contributed by atoms with Crippen LogP contribution in [0.4, 0.5) is 0 Å². The first kappa shape index (κ1) is 19.1. The zero-order chi connectivity index (χ0) is 19.6. The van der Waals surface area contributed by atoms with E-state index in [9.17, 15) is 4.79 Å². The van der Waals surface area contributed by atoms with Gasteiger partial charge in [-0.15, -0.1) is 0 Å². The van der Waals surface area contributed by atoms with Gasteiger partial charge in [-0.25, -0.2) is 9.67 Å². The van der Waals surface area contributed by atoms with Gasteiger partial charge in [-0.05, 0) is 59.2 Å². The normalized spacial score (nSPS) is 11.5. The summed E-state index contributed by atoms with van der Waals surface area (Å²) in [5.41, 5.74) is 8.41. The monoisotopic (exact) mass is 369 g/mol. The Morgan fingerprint density at radius 1 is 1.30 bits per heavy atom. The number of aryl methyl sites for hydroxylation is 2. The molecule has 0 aliphatic heterocycles. The Morgan fingerprint density at radius 2 is 2.07 bits per heavy atom. The number of carbonyl (C=O) groups excluding carboxylic acids is 1. The molecule has 7 heteroatoms. The molecule has 3 aromatic heterocycles. The molecular weight excluding hydrogens is 342 g/mol. The molecule has 0 fully saturated rings. The number of unbranched alkanes of at least 4 members (excludes halogenated alkanes) is 1. The van der Waals surface area contributed by atoms with Gasteiger partial charge in [0.1, 0.15) is 11.5 Å². The van der Waals surface area contributed by atoms with E-state index >= 15 is 0 Å². The lowest BCUT2D eigenvalue weighted by Crippen LogP contribution is -2.25. The summed E-state index contributed by atoms with van der Waals surface area (Å²) in [6.45, 7) is 9.11. The average Bonchev–Trinajstić information content (AvgIpc) is 3.20. The number of hydrogen-bond donors (Lipinski definition) is 2. The van der Waals surface area contributed by atoms with Gasteiger partial charge in [0.05, 0.1) is 22.8 Å². The number of aromatic nitrogens is 3. The van der Waals surface area contributed by atoms with E-state index in [1.807, 2.05) is 44.5 Å². The minimum Gasteiger partial charge on any atom is -0.466 e. The van der Waals surface area contributed by atoms with Crippen molar-refractivity contribution in [3.8, 4) is 11.3 Å². The van der Waals surface area contributed by atoms with Gasteiger partial charge >= 0.3 is 0 Å². The van der Waals surface area contributed by atoms with Gasteiger partial charge in [0.25, 0.3) is 5.91 Å². The van der Waals surface area contributed by atoms with E-state index in [0.29, 0.717) is 30.0 Å².